The first kappa shape index (κ1) is 44.3. The molecule has 1 radical (unpaired) electrons. The van der Waals surface area contributed by atoms with Crippen LogP contribution in [-0.4, -0.2) is 51.2 Å². The molecule has 0 rings (SSSR count). The first-order valence-electron chi connectivity index (χ1n) is 6.80. The smallest absolute Gasteiger partial charge is 0.0781 e. The standard InChI is InChI=1S/C13H30N2O3.2CH4.3H3N.Y/c1-11(14)8-16-6-4-5-7-17-10-13(3)18-9-12(2)15;;;;;;/h11-13H,4-10,14-15H2,1-3H3;2*1H4;3*1H3;. The van der Waals surface area contributed by atoms with Gasteiger partial charge in [0.1, 0.15) is 0 Å². The predicted octanol–water partition coefficient (Wildman–Crippen LogP) is 2.66. The average Bonchev–Trinajstić information content (AvgIpc) is 2.29. The number of rotatable bonds is 12. The Bertz CT molecular complexity index is 192. The third-order valence-corrected chi connectivity index (χ3v) is 2.20. The molecule has 9 heteroatoms. The van der Waals surface area contributed by atoms with E-state index in [1.54, 1.807) is 0 Å². The summed E-state index contributed by atoms with van der Waals surface area (Å²) in [5.74, 6) is 0. The Labute approximate surface area is 176 Å². The molecule has 0 heterocycles. The number of nitrogens with two attached hydrogens (primary N) is 2. The van der Waals surface area contributed by atoms with Crippen molar-refractivity contribution in [1.29, 1.82) is 0 Å². The van der Waals surface area contributed by atoms with Gasteiger partial charge in [0.25, 0.3) is 0 Å². The Hall–Kier alpha value is 0.784. The van der Waals surface area contributed by atoms with Gasteiger partial charge in [-0.3, -0.25) is 0 Å². The first-order chi connectivity index (χ1) is 8.52. The number of hydrogen-bond donors (Lipinski definition) is 5. The van der Waals surface area contributed by atoms with Gasteiger partial charge in [0, 0.05) is 58.0 Å². The normalized spacial score (nSPS) is 12.4. The second-order valence-electron chi connectivity index (χ2n) is 4.96. The van der Waals surface area contributed by atoms with Crippen LogP contribution < -0.4 is 29.9 Å². The summed E-state index contributed by atoms with van der Waals surface area (Å²) in [5.41, 5.74) is 11.2. The molecule has 13 N–H and O–H groups in total. The van der Waals surface area contributed by atoms with E-state index in [0.29, 0.717) is 19.8 Å². The molecule has 3 unspecified atom stereocenters. The van der Waals surface area contributed by atoms with Crippen LogP contribution in [0.15, 0.2) is 0 Å². The van der Waals surface area contributed by atoms with Crippen molar-refractivity contribution in [3.63, 3.8) is 0 Å². The summed E-state index contributed by atoms with van der Waals surface area (Å²) in [7, 11) is 0. The summed E-state index contributed by atoms with van der Waals surface area (Å²) in [4.78, 5) is 0. The van der Waals surface area contributed by atoms with E-state index in [2.05, 4.69) is 0 Å². The molecule has 3 atom stereocenters. The van der Waals surface area contributed by atoms with Gasteiger partial charge >= 0.3 is 0 Å². The van der Waals surface area contributed by atoms with Crippen LogP contribution in [-0.2, 0) is 46.9 Å². The molecule has 153 valence electrons. The van der Waals surface area contributed by atoms with E-state index in [-0.39, 0.29) is 84.2 Å². The molecule has 0 aliphatic rings. The monoisotopic (exact) mass is 434 g/mol. The van der Waals surface area contributed by atoms with Crippen molar-refractivity contribution in [2.45, 2.75) is 66.7 Å². The van der Waals surface area contributed by atoms with Crippen molar-refractivity contribution in [1.82, 2.24) is 18.5 Å². The SMILES string of the molecule is C.C.CC(N)COCCCCOCC(C)OCC(C)N.N.N.N.[Y]. The minimum atomic E-state index is 0. The predicted molar refractivity (Wildman–Crippen MR) is 102 cm³/mol. The Balaban J connectivity index is -0.0000000963. The molecule has 0 bridgehead atoms. The molecule has 0 fully saturated rings. The maximum atomic E-state index is 5.60. The zero-order chi connectivity index (χ0) is 13.8. The maximum absolute atomic E-state index is 5.60. The van der Waals surface area contributed by atoms with Gasteiger partial charge in [0.15, 0.2) is 0 Å². The molecule has 0 amide bonds. The van der Waals surface area contributed by atoms with Crippen molar-refractivity contribution < 1.29 is 46.9 Å². The number of ether oxygens (including phenoxy) is 3. The van der Waals surface area contributed by atoms with Gasteiger partial charge in [0.05, 0.1) is 25.9 Å². The van der Waals surface area contributed by atoms with Crippen LogP contribution in [0.2, 0.25) is 0 Å². The minimum Gasteiger partial charge on any atom is -0.380 e. The summed E-state index contributed by atoms with van der Waals surface area (Å²) in [6.07, 6.45) is 2.10. The Morgan fingerprint density at radius 2 is 1.08 bits per heavy atom. The molecule has 0 saturated heterocycles. The van der Waals surface area contributed by atoms with Crippen molar-refractivity contribution in [2.75, 3.05) is 33.0 Å². The molecular weight excluding hydrogens is 387 g/mol. The van der Waals surface area contributed by atoms with Gasteiger partial charge in [0.2, 0.25) is 0 Å². The van der Waals surface area contributed by atoms with E-state index in [9.17, 15) is 0 Å². The van der Waals surface area contributed by atoms with Gasteiger partial charge in [-0.2, -0.15) is 0 Å². The third-order valence-electron chi connectivity index (χ3n) is 2.20. The molecule has 0 aromatic carbocycles. The van der Waals surface area contributed by atoms with Crippen LogP contribution in [0.3, 0.4) is 0 Å². The number of unbranched alkanes of at least 4 members (excludes halogenated alkanes) is 1. The van der Waals surface area contributed by atoms with Gasteiger partial charge in [-0.15, -0.1) is 0 Å². The second kappa shape index (κ2) is 31.5. The Kier molecular flexibility index (Phi) is 58.3. The van der Waals surface area contributed by atoms with Gasteiger partial charge in [-0.1, -0.05) is 14.9 Å². The molecule has 0 aliphatic carbocycles. The van der Waals surface area contributed by atoms with E-state index >= 15 is 0 Å². The topological polar surface area (TPSA) is 185 Å². The molecule has 0 aliphatic heterocycles. The summed E-state index contributed by atoms with van der Waals surface area (Å²) in [6, 6.07) is 0.193. The van der Waals surface area contributed by atoms with E-state index < -0.39 is 0 Å². The van der Waals surface area contributed by atoms with E-state index in [1.807, 2.05) is 20.8 Å². The van der Waals surface area contributed by atoms with Crippen molar-refractivity contribution in [2.24, 2.45) is 11.5 Å². The minimum absolute atomic E-state index is 0. The van der Waals surface area contributed by atoms with E-state index in [4.69, 9.17) is 25.7 Å². The Morgan fingerprint density at radius 3 is 1.46 bits per heavy atom. The summed E-state index contributed by atoms with van der Waals surface area (Å²) < 4.78 is 16.4. The molecular formula is C15H47N5O3Y. The van der Waals surface area contributed by atoms with Gasteiger partial charge in [-0.25, -0.2) is 0 Å². The fraction of sp³-hybridized carbons (Fsp3) is 1.00. The van der Waals surface area contributed by atoms with Gasteiger partial charge in [-0.05, 0) is 33.6 Å². The van der Waals surface area contributed by atoms with Crippen molar-refractivity contribution in [3.05, 3.63) is 0 Å². The van der Waals surface area contributed by atoms with Crippen LogP contribution >= 0.6 is 0 Å². The van der Waals surface area contributed by atoms with Crippen LogP contribution in [0, 0.1) is 0 Å². The van der Waals surface area contributed by atoms with Crippen LogP contribution in [0.1, 0.15) is 48.5 Å². The summed E-state index contributed by atoms with van der Waals surface area (Å²) in [5, 5.41) is 0. The maximum Gasteiger partial charge on any atom is 0.0781 e. The summed E-state index contributed by atoms with van der Waals surface area (Å²) >= 11 is 0. The van der Waals surface area contributed by atoms with Crippen LogP contribution in [0.5, 0.6) is 0 Å². The van der Waals surface area contributed by atoms with E-state index in [1.165, 1.54) is 0 Å². The molecule has 24 heavy (non-hydrogen) atoms. The molecule has 8 nitrogen and oxygen atoms in total. The summed E-state index contributed by atoms with van der Waals surface area (Å²) in [6.45, 7) is 9.18. The zero-order valence-electron chi connectivity index (χ0n) is 14.8. The van der Waals surface area contributed by atoms with Crippen molar-refractivity contribution in [3.8, 4) is 0 Å². The number of hydrogen-bond acceptors (Lipinski definition) is 8. The quantitative estimate of drug-likeness (QED) is 0.290. The average molecular weight is 434 g/mol. The van der Waals surface area contributed by atoms with Crippen molar-refractivity contribution >= 4 is 0 Å². The molecule has 0 aromatic rings. The molecule has 0 aromatic heterocycles. The zero-order valence-corrected chi connectivity index (χ0v) is 17.6. The molecule has 0 spiro atoms. The van der Waals surface area contributed by atoms with Gasteiger partial charge < -0.3 is 44.1 Å². The third kappa shape index (κ3) is 38.4. The molecule has 0 saturated carbocycles. The fourth-order valence-electron chi connectivity index (χ4n) is 1.29. The van der Waals surface area contributed by atoms with E-state index in [0.717, 1.165) is 26.1 Å². The fourth-order valence-corrected chi connectivity index (χ4v) is 1.29. The van der Waals surface area contributed by atoms with Crippen LogP contribution in [0.25, 0.3) is 0 Å². The van der Waals surface area contributed by atoms with Crippen LogP contribution in [0.4, 0.5) is 0 Å². The second-order valence-corrected chi connectivity index (χ2v) is 4.96. The first-order valence-corrected chi connectivity index (χ1v) is 6.80. The Morgan fingerprint density at radius 1 is 0.708 bits per heavy atom. The largest absolute Gasteiger partial charge is 0.380 e.